The number of benzene rings is 3. The van der Waals surface area contributed by atoms with E-state index in [2.05, 4.69) is 0 Å². The molecule has 0 spiro atoms. The number of rotatable bonds is 3. The lowest BCUT2D eigenvalue weighted by atomic mass is 10.0. The van der Waals surface area contributed by atoms with E-state index in [9.17, 15) is 19.5 Å². The molecule has 5 rings (SSSR count). The summed E-state index contributed by atoms with van der Waals surface area (Å²) >= 11 is 0. The zero-order chi connectivity index (χ0) is 23.1. The second kappa shape index (κ2) is 7.80. The minimum absolute atomic E-state index is 0.000530. The molecule has 0 saturated heterocycles. The van der Waals surface area contributed by atoms with Gasteiger partial charge in [0.15, 0.2) is 0 Å². The normalized spacial score (nSPS) is 11.1. The van der Waals surface area contributed by atoms with Gasteiger partial charge in [0.05, 0.1) is 16.9 Å². The van der Waals surface area contributed by atoms with Crippen LogP contribution in [0.15, 0.2) is 105 Å². The van der Waals surface area contributed by atoms with Gasteiger partial charge in [-0.3, -0.25) is 14.2 Å². The third-order valence-electron chi connectivity index (χ3n) is 5.64. The molecule has 162 valence electrons. The number of fused-ring (bicyclic) bond motifs is 1. The van der Waals surface area contributed by atoms with Crippen molar-refractivity contribution in [2.45, 2.75) is 0 Å². The van der Waals surface area contributed by atoms with Crippen LogP contribution in [0.3, 0.4) is 0 Å². The summed E-state index contributed by atoms with van der Waals surface area (Å²) in [6, 6.07) is 25.8. The van der Waals surface area contributed by atoms with Crippen LogP contribution in [-0.4, -0.2) is 18.8 Å². The van der Waals surface area contributed by atoms with Crippen LogP contribution in [-0.2, 0) is 7.05 Å². The fraction of sp³-hybridized carbons (Fsp3) is 0.0385. The lowest BCUT2D eigenvalue weighted by molar-refractivity contribution is 0.480. The van der Waals surface area contributed by atoms with Crippen molar-refractivity contribution in [1.29, 1.82) is 0 Å². The number of hydrogen-bond acceptors (Lipinski definition) is 4. The highest BCUT2D eigenvalue weighted by molar-refractivity contribution is 5.90. The van der Waals surface area contributed by atoms with E-state index in [1.807, 2.05) is 0 Å². The molecule has 33 heavy (non-hydrogen) atoms. The number of aromatic hydroxyl groups is 1. The van der Waals surface area contributed by atoms with Crippen molar-refractivity contribution >= 4 is 11.0 Å². The Labute approximate surface area is 187 Å². The molecule has 5 aromatic rings. The van der Waals surface area contributed by atoms with Crippen LogP contribution in [0.5, 0.6) is 5.75 Å². The Hall–Kier alpha value is -4.65. The van der Waals surface area contributed by atoms with E-state index in [1.54, 1.807) is 91.0 Å². The van der Waals surface area contributed by atoms with Gasteiger partial charge in [-0.05, 0) is 29.8 Å². The van der Waals surface area contributed by atoms with Crippen LogP contribution >= 0.6 is 0 Å². The first kappa shape index (κ1) is 20.3. The molecule has 0 amide bonds. The quantitative estimate of drug-likeness (QED) is 0.470. The summed E-state index contributed by atoms with van der Waals surface area (Å²) in [4.78, 5) is 40.7. The second-order valence-corrected chi connectivity index (χ2v) is 7.58. The van der Waals surface area contributed by atoms with Gasteiger partial charge in [-0.15, -0.1) is 0 Å². The maximum absolute atomic E-state index is 13.7. The molecule has 2 heterocycles. The van der Waals surface area contributed by atoms with Gasteiger partial charge in [-0.1, -0.05) is 66.7 Å². The second-order valence-electron chi connectivity index (χ2n) is 7.58. The number of pyridine rings is 1. The average Bonchev–Trinajstić information content (AvgIpc) is 2.84. The zero-order valence-corrected chi connectivity index (χ0v) is 17.7. The van der Waals surface area contributed by atoms with Crippen LogP contribution in [0, 0.1) is 0 Å². The minimum atomic E-state index is -0.710. The van der Waals surface area contributed by atoms with E-state index in [0.29, 0.717) is 16.9 Å². The molecule has 0 aliphatic rings. The summed E-state index contributed by atoms with van der Waals surface area (Å²) in [5.74, 6) is -0.460. The molecule has 3 aromatic carbocycles. The zero-order valence-electron chi connectivity index (χ0n) is 17.7. The van der Waals surface area contributed by atoms with Crippen LogP contribution in [0.4, 0.5) is 0 Å². The summed E-state index contributed by atoms with van der Waals surface area (Å²) in [5.41, 5.74) is -0.572. The van der Waals surface area contributed by atoms with Gasteiger partial charge in [-0.2, -0.15) is 0 Å². The first-order chi connectivity index (χ1) is 16.0. The third-order valence-corrected chi connectivity index (χ3v) is 5.64. The highest BCUT2D eigenvalue weighted by atomic mass is 16.3. The predicted octanol–water partition coefficient (Wildman–Crippen LogP) is 3.21. The fourth-order valence-corrected chi connectivity index (χ4v) is 4.09. The van der Waals surface area contributed by atoms with E-state index in [1.165, 1.54) is 16.2 Å². The largest absolute Gasteiger partial charge is 0.506 e. The summed E-state index contributed by atoms with van der Waals surface area (Å²) in [6.45, 7) is 0. The molecule has 0 aliphatic heterocycles. The standard InChI is InChI=1S/C26H19N3O4/c1-27-23-21(22(30)20(24(27)31)17-11-5-2-6-12-17)25(32)29(19-15-9-4-10-16-19)26(33)28(23)18-13-7-3-8-14-18/h2-16,30H,1H3. The van der Waals surface area contributed by atoms with Gasteiger partial charge in [-0.25, -0.2) is 13.9 Å². The van der Waals surface area contributed by atoms with E-state index < -0.39 is 22.6 Å². The molecule has 0 bridgehead atoms. The Balaban J connectivity index is 2.06. The number of nitrogens with zero attached hydrogens (tertiary/aromatic N) is 3. The van der Waals surface area contributed by atoms with Crippen molar-refractivity contribution in [3.05, 3.63) is 122 Å². The Morgan fingerprint density at radius 1 is 0.636 bits per heavy atom. The molecular formula is C26H19N3O4. The van der Waals surface area contributed by atoms with Crippen LogP contribution in [0.2, 0.25) is 0 Å². The molecule has 7 heteroatoms. The maximum Gasteiger partial charge on any atom is 0.341 e. The highest BCUT2D eigenvalue weighted by Gasteiger charge is 2.25. The number of hydrogen-bond donors (Lipinski definition) is 1. The van der Waals surface area contributed by atoms with Gasteiger partial charge in [0.25, 0.3) is 11.1 Å². The summed E-state index contributed by atoms with van der Waals surface area (Å²) in [7, 11) is 1.49. The molecular weight excluding hydrogens is 418 g/mol. The molecule has 0 saturated carbocycles. The molecule has 1 N–H and O–H groups in total. The maximum atomic E-state index is 13.7. The van der Waals surface area contributed by atoms with Gasteiger partial charge in [0.2, 0.25) is 0 Å². The predicted molar refractivity (Wildman–Crippen MR) is 127 cm³/mol. The monoisotopic (exact) mass is 437 g/mol. The van der Waals surface area contributed by atoms with Crippen molar-refractivity contribution in [3.63, 3.8) is 0 Å². The first-order valence-electron chi connectivity index (χ1n) is 10.3. The van der Waals surface area contributed by atoms with Crippen molar-refractivity contribution in [3.8, 4) is 28.3 Å². The molecule has 7 nitrogen and oxygen atoms in total. The molecule has 0 atom stereocenters. The van der Waals surface area contributed by atoms with E-state index >= 15 is 0 Å². The number of aryl methyl sites for hydroxylation is 1. The van der Waals surface area contributed by atoms with Crippen molar-refractivity contribution in [1.82, 2.24) is 13.7 Å². The average molecular weight is 437 g/mol. The number of aromatic nitrogens is 3. The van der Waals surface area contributed by atoms with Crippen molar-refractivity contribution in [2.75, 3.05) is 0 Å². The fourth-order valence-electron chi connectivity index (χ4n) is 4.09. The van der Waals surface area contributed by atoms with Crippen LogP contribution < -0.4 is 16.8 Å². The van der Waals surface area contributed by atoms with Crippen molar-refractivity contribution in [2.24, 2.45) is 7.05 Å². The van der Waals surface area contributed by atoms with E-state index in [0.717, 1.165) is 4.57 Å². The van der Waals surface area contributed by atoms with Crippen LogP contribution in [0.1, 0.15) is 0 Å². The SMILES string of the molecule is Cn1c(=O)c(-c2ccccc2)c(O)c2c(=O)n(-c3ccccc3)c(=O)n(-c3ccccc3)c21. The van der Waals surface area contributed by atoms with Gasteiger partial charge >= 0.3 is 5.69 Å². The molecule has 0 fully saturated rings. The minimum Gasteiger partial charge on any atom is -0.506 e. The van der Waals surface area contributed by atoms with Crippen molar-refractivity contribution < 1.29 is 5.11 Å². The molecule has 0 aliphatic carbocycles. The van der Waals surface area contributed by atoms with Gasteiger partial charge in [0, 0.05) is 7.05 Å². The Kier molecular flexibility index (Phi) is 4.79. The first-order valence-corrected chi connectivity index (χ1v) is 10.3. The van der Waals surface area contributed by atoms with Crippen LogP contribution in [0.25, 0.3) is 33.5 Å². The summed E-state index contributed by atoms with van der Waals surface area (Å²) < 4.78 is 3.52. The van der Waals surface area contributed by atoms with E-state index in [4.69, 9.17) is 0 Å². The lowest BCUT2D eigenvalue weighted by Gasteiger charge is -2.18. The Bertz CT molecular complexity index is 1670. The highest BCUT2D eigenvalue weighted by Crippen LogP contribution is 2.31. The number of para-hydroxylation sites is 2. The van der Waals surface area contributed by atoms with Gasteiger partial charge in [0.1, 0.15) is 16.8 Å². The molecule has 0 radical (unpaired) electrons. The van der Waals surface area contributed by atoms with Gasteiger partial charge < -0.3 is 5.11 Å². The Morgan fingerprint density at radius 3 is 1.67 bits per heavy atom. The molecule has 2 aromatic heterocycles. The van der Waals surface area contributed by atoms with E-state index in [-0.39, 0.29) is 16.6 Å². The summed E-state index contributed by atoms with van der Waals surface area (Å²) in [6.07, 6.45) is 0. The summed E-state index contributed by atoms with van der Waals surface area (Å²) in [5, 5.41) is 11.2. The molecule has 0 unspecified atom stereocenters. The smallest absolute Gasteiger partial charge is 0.341 e. The lowest BCUT2D eigenvalue weighted by Crippen LogP contribution is -2.40. The third kappa shape index (κ3) is 3.10. The Morgan fingerprint density at radius 2 is 1.12 bits per heavy atom. The topological polar surface area (TPSA) is 86.2 Å².